The van der Waals surface area contributed by atoms with Gasteiger partial charge in [-0.05, 0) is 53.4 Å². The van der Waals surface area contributed by atoms with E-state index in [0.717, 1.165) is 31.8 Å². The van der Waals surface area contributed by atoms with E-state index in [0.29, 0.717) is 0 Å². The lowest BCUT2D eigenvalue weighted by atomic mass is 10.1. The van der Waals surface area contributed by atoms with Crippen LogP contribution in [0.15, 0.2) is 47.1 Å². The molecule has 0 spiro atoms. The maximum Gasteiger partial charge on any atom is 0.328 e. The van der Waals surface area contributed by atoms with Crippen LogP contribution in [-0.2, 0) is 4.79 Å². The van der Waals surface area contributed by atoms with Gasteiger partial charge < -0.3 is 5.11 Å². The highest BCUT2D eigenvalue weighted by Gasteiger charge is 1.91. The van der Waals surface area contributed by atoms with Gasteiger partial charge >= 0.3 is 5.97 Å². The first-order chi connectivity index (χ1) is 8.91. The molecule has 0 rings (SSSR count). The number of allylic oxidation sites excluding steroid dienone is 7. The van der Waals surface area contributed by atoms with Gasteiger partial charge in [-0.15, -0.1) is 0 Å². The topological polar surface area (TPSA) is 37.3 Å². The zero-order valence-electron chi connectivity index (χ0n) is 12.6. The molecule has 0 amide bonds. The Balaban J connectivity index is 3.99. The standard InChI is InChI=1S/C17H26O2/c1-14(2)8-5-9-15(3)10-6-11-16(4)12-7-13-17(18)19/h7-8,10,12-13H,5-6,9,11H2,1-4H3,(H,18,19)/b13-7+,15-10+,16-12+. The lowest BCUT2D eigenvalue weighted by Gasteiger charge is -2.00. The quantitative estimate of drug-likeness (QED) is 0.378. The summed E-state index contributed by atoms with van der Waals surface area (Å²) in [4.78, 5) is 10.3. The van der Waals surface area contributed by atoms with Crippen LogP contribution in [0.4, 0.5) is 0 Å². The molecule has 2 heteroatoms. The van der Waals surface area contributed by atoms with Crippen molar-refractivity contribution in [1.82, 2.24) is 0 Å². The molecule has 0 saturated heterocycles. The number of carbonyl (C=O) groups is 1. The summed E-state index contributed by atoms with van der Waals surface area (Å²) < 4.78 is 0. The van der Waals surface area contributed by atoms with Crippen LogP contribution in [0.1, 0.15) is 53.4 Å². The van der Waals surface area contributed by atoms with Crippen LogP contribution in [-0.4, -0.2) is 11.1 Å². The Labute approximate surface area is 117 Å². The van der Waals surface area contributed by atoms with Crippen molar-refractivity contribution in [2.75, 3.05) is 0 Å². The summed E-state index contributed by atoms with van der Waals surface area (Å²) in [6, 6.07) is 0. The summed E-state index contributed by atoms with van der Waals surface area (Å²) in [5.74, 6) is -0.904. The largest absolute Gasteiger partial charge is 0.478 e. The summed E-state index contributed by atoms with van der Waals surface area (Å²) in [6.45, 7) is 8.44. The predicted octanol–water partition coefficient (Wildman–Crippen LogP) is 5.05. The SMILES string of the molecule is CC(C)=CCC/C(C)=C/CC/C(C)=C/C=C/C(=O)O. The highest BCUT2D eigenvalue weighted by Crippen LogP contribution is 2.11. The summed E-state index contributed by atoms with van der Waals surface area (Å²) in [5.41, 5.74) is 3.99. The first kappa shape index (κ1) is 17.4. The molecular weight excluding hydrogens is 236 g/mol. The predicted molar refractivity (Wildman–Crippen MR) is 82.2 cm³/mol. The van der Waals surface area contributed by atoms with Gasteiger partial charge in [0.25, 0.3) is 0 Å². The number of carboxylic acids is 1. The van der Waals surface area contributed by atoms with E-state index in [1.54, 1.807) is 6.08 Å². The van der Waals surface area contributed by atoms with Gasteiger partial charge in [0.1, 0.15) is 0 Å². The fourth-order valence-electron chi connectivity index (χ4n) is 1.61. The van der Waals surface area contributed by atoms with Crippen LogP contribution in [0.25, 0.3) is 0 Å². The van der Waals surface area contributed by atoms with Gasteiger partial charge in [-0.2, -0.15) is 0 Å². The first-order valence-corrected chi connectivity index (χ1v) is 6.77. The molecule has 1 N–H and O–H groups in total. The van der Waals surface area contributed by atoms with Crippen LogP contribution in [0.2, 0.25) is 0 Å². The fraction of sp³-hybridized carbons (Fsp3) is 0.471. The van der Waals surface area contributed by atoms with E-state index in [1.165, 1.54) is 16.7 Å². The molecule has 106 valence electrons. The van der Waals surface area contributed by atoms with Crippen molar-refractivity contribution in [3.63, 3.8) is 0 Å². The lowest BCUT2D eigenvalue weighted by molar-refractivity contribution is -0.131. The fourth-order valence-corrected chi connectivity index (χ4v) is 1.61. The van der Waals surface area contributed by atoms with Crippen molar-refractivity contribution in [1.29, 1.82) is 0 Å². The molecule has 0 aliphatic rings. The molecule has 2 nitrogen and oxygen atoms in total. The molecule has 19 heavy (non-hydrogen) atoms. The summed E-state index contributed by atoms with van der Waals surface area (Å²) in [7, 11) is 0. The molecule has 0 radical (unpaired) electrons. The monoisotopic (exact) mass is 262 g/mol. The third-order valence-electron chi connectivity index (χ3n) is 2.74. The highest BCUT2D eigenvalue weighted by atomic mass is 16.4. The van der Waals surface area contributed by atoms with Crippen LogP contribution >= 0.6 is 0 Å². The third kappa shape index (κ3) is 12.7. The molecule has 0 heterocycles. The molecule has 0 saturated carbocycles. The minimum atomic E-state index is -0.904. The Morgan fingerprint density at radius 3 is 2.11 bits per heavy atom. The number of rotatable bonds is 8. The second-order valence-electron chi connectivity index (χ2n) is 5.12. The molecular formula is C17H26O2. The van der Waals surface area contributed by atoms with Crippen molar-refractivity contribution in [2.24, 2.45) is 0 Å². The van der Waals surface area contributed by atoms with E-state index in [4.69, 9.17) is 5.11 Å². The summed E-state index contributed by atoms with van der Waals surface area (Å²) in [6.07, 6.45) is 13.4. The Kier molecular flexibility index (Phi) is 9.51. The maximum absolute atomic E-state index is 10.3. The Hall–Kier alpha value is -1.57. The molecule has 0 unspecified atom stereocenters. The van der Waals surface area contributed by atoms with Gasteiger partial charge in [0.15, 0.2) is 0 Å². The minimum Gasteiger partial charge on any atom is -0.478 e. The van der Waals surface area contributed by atoms with Gasteiger partial charge in [0.05, 0.1) is 0 Å². The van der Waals surface area contributed by atoms with Gasteiger partial charge in [-0.25, -0.2) is 4.79 Å². The zero-order valence-corrected chi connectivity index (χ0v) is 12.6. The van der Waals surface area contributed by atoms with Crippen LogP contribution in [0.5, 0.6) is 0 Å². The van der Waals surface area contributed by atoms with Crippen molar-refractivity contribution in [2.45, 2.75) is 53.4 Å². The smallest absolute Gasteiger partial charge is 0.328 e. The number of aliphatic carboxylic acids is 1. The zero-order chi connectivity index (χ0) is 14.7. The second-order valence-corrected chi connectivity index (χ2v) is 5.12. The molecule has 0 bridgehead atoms. The normalized spacial score (nSPS) is 12.8. The van der Waals surface area contributed by atoms with Crippen molar-refractivity contribution < 1.29 is 9.90 Å². The molecule has 0 aromatic rings. The maximum atomic E-state index is 10.3. The second kappa shape index (κ2) is 10.4. The Morgan fingerprint density at radius 2 is 1.53 bits per heavy atom. The molecule has 0 fully saturated rings. The van der Waals surface area contributed by atoms with Gasteiger partial charge in [0.2, 0.25) is 0 Å². The average Bonchev–Trinajstić information content (AvgIpc) is 2.27. The van der Waals surface area contributed by atoms with Crippen LogP contribution in [0, 0.1) is 0 Å². The number of hydrogen-bond acceptors (Lipinski definition) is 1. The molecule has 0 aromatic carbocycles. The summed E-state index contributed by atoms with van der Waals surface area (Å²) in [5, 5.41) is 8.47. The Morgan fingerprint density at radius 1 is 0.947 bits per heavy atom. The van der Waals surface area contributed by atoms with E-state index in [-0.39, 0.29) is 0 Å². The van der Waals surface area contributed by atoms with Crippen molar-refractivity contribution in [3.8, 4) is 0 Å². The van der Waals surface area contributed by atoms with Crippen molar-refractivity contribution >= 4 is 5.97 Å². The average molecular weight is 262 g/mol. The molecule has 0 aromatic heterocycles. The van der Waals surface area contributed by atoms with E-state index >= 15 is 0 Å². The molecule has 0 aliphatic heterocycles. The highest BCUT2D eigenvalue weighted by molar-refractivity contribution is 5.80. The van der Waals surface area contributed by atoms with Crippen molar-refractivity contribution in [3.05, 3.63) is 47.1 Å². The van der Waals surface area contributed by atoms with Crippen LogP contribution in [0.3, 0.4) is 0 Å². The van der Waals surface area contributed by atoms with E-state index < -0.39 is 5.97 Å². The lowest BCUT2D eigenvalue weighted by Crippen LogP contribution is -1.85. The van der Waals surface area contributed by atoms with Gasteiger partial charge in [0, 0.05) is 6.08 Å². The van der Waals surface area contributed by atoms with Gasteiger partial charge in [-0.3, -0.25) is 0 Å². The van der Waals surface area contributed by atoms with E-state index in [2.05, 4.69) is 32.9 Å². The van der Waals surface area contributed by atoms with Crippen LogP contribution < -0.4 is 0 Å². The number of carboxylic acid groups (broad SMARTS) is 1. The van der Waals surface area contributed by atoms with E-state index in [1.807, 2.05) is 13.0 Å². The van der Waals surface area contributed by atoms with E-state index in [9.17, 15) is 4.79 Å². The molecule has 0 aliphatic carbocycles. The Bertz CT molecular complexity index is 391. The summed E-state index contributed by atoms with van der Waals surface area (Å²) >= 11 is 0. The minimum absolute atomic E-state index is 0.904. The number of hydrogen-bond donors (Lipinski definition) is 1. The molecule has 0 atom stereocenters. The van der Waals surface area contributed by atoms with Gasteiger partial charge in [-0.1, -0.05) is 41.0 Å². The third-order valence-corrected chi connectivity index (χ3v) is 2.74. The first-order valence-electron chi connectivity index (χ1n) is 6.77.